The average molecular weight is 312 g/mol. The first kappa shape index (κ1) is 16.8. The molecule has 1 N–H and O–H groups in total. The van der Waals surface area contributed by atoms with Crippen molar-refractivity contribution in [3.8, 4) is 0 Å². The maximum atomic E-state index is 6.47. The van der Waals surface area contributed by atoms with E-state index in [1.165, 1.54) is 37.7 Å². The molecule has 0 saturated heterocycles. The van der Waals surface area contributed by atoms with E-state index in [0.29, 0.717) is 5.41 Å². The van der Waals surface area contributed by atoms with Gasteiger partial charge in [0.25, 0.3) is 0 Å². The van der Waals surface area contributed by atoms with Crippen molar-refractivity contribution in [3.05, 3.63) is 16.4 Å². The second-order valence-corrected chi connectivity index (χ2v) is 8.18. The molecule has 3 nitrogen and oxygen atoms in total. The normalized spacial score (nSPS) is 19.0. The molecule has 1 fully saturated rings. The monoisotopic (exact) mass is 311 g/mol. The minimum Gasteiger partial charge on any atom is -0.312 e. The third-order valence-electron chi connectivity index (χ3n) is 4.73. The summed E-state index contributed by atoms with van der Waals surface area (Å²) in [6, 6.07) is 0. The van der Waals surface area contributed by atoms with Crippen molar-refractivity contribution >= 4 is 11.6 Å². The lowest BCUT2D eigenvalue weighted by Gasteiger charge is -2.40. The van der Waals surface area contributed by atoms with Crippen LogP contribution >= 0.6 is 11.6 Å². The number of nitrogens with one attached hydrogen (secondary N) is 1. The Balaban J connectivity index is 2.19. The van der Waals surface area contributed by atoms with Crippen molar-refractivity contribution in [2.24, 2.45) is 12.5 Å². The van der Waals surface area contributed by atoms with Gasteiger partial charge in [-0.05, 0) is 52.4 Å². The van der Waals surface area contributed by atoms with E-state index < -0.39 is 0 Å². The van der Waals surface area contributed by atoms with Crippen LogP contribution < -0.4 is 5.32 Å². The van der Waals surface area contributed by atoms with Gasteiger partial charge in [-0.15, -0.1) is 0 Å². The van der Waals surface area contributed by atoms with Gasteiger partial charge in [-0.2, -0.15) is 5.10 Å². The SMILES string of the molecule is Cc1nn(C)c(Cl)c1CC1(CNC(C)(C)C)CCCCC1. The Morgan fingerprint density at radius 2 is 1.86 bits per heavy atom. The molecular weight excluding hydrogens is 282 g/mol. The third kappa shape index (κ3) is 4.23. The smallest absolute Gasteiger partial charge is 0.130 e. The van der Waals surface area contributed by atoms with Crippen LogP contribution in [-0.4, -0.2) is 21.9 Å². The van der Waals surface area contributed by atoms with E-state index in [-0.39, 0.29) is 5.54 Å². The minimum atomic E-state index is 0.165. The first-order valence-electron chi connectivity index (χ1n) is 8.15. The Morgan fingerprint density at radius 1 is 1.24 bits per heavy atom. The van der Waals surface area contributed by atoms with Gasteiger partial charge < -0.3 is 5.32 Å². The van der Waals surface area contributed by atoms with Crippen LogP contribution in [0.5, 0.6) is 0 Å². The number of aryl methyl sites for hydroxylation is 2. The second kappa shape index (κ2) is 6.29. The molecule has 0 atom stereocenters. The summed E-state index contributed by atoms with van der Waals surface area (Å²) in [5, 5.41) is 9.02. The Hall–Kier alpha value is -0.540. The first-order valence-corrected chi connectivity index (χ1v) is 8.53. The summed E-state index contributed by atoms with van der Waals surface area (Å²) in [4.78, 5) is 0. The number of aromatic nitrogens is 2. The lowest BCUT2D eigenvalue weighted by atomic mass is 9.70. The summed E-state index contributed by atoms with van der Waals surface area (Å²) in [6.45, 7) is 9.87. The molecular formula is C17H30ClN3. The Morgan fingerprint density at radius 3 is 2.33 bits per heavy atom. The molecule has 0 aromatic carbocycles. The summed E-state index contributed by atoms with van der Waals surface area (Å²) in [6.07, 6.45) is 7.68. The molecule has 1 aromatic rings. The van der Waals surface area contributed by atoms with E-state index >= 15 is 0 Å². The molecule has 0 bridgehead atoms. The summed E-state index contributed by atoms with van der Waals surface area (Å²) in [5.74, 6) is 0. The van der Waals surface area contributed by atoms with Gasteiger partial charge in [-0.25, -0.2) is 0 Å². The van der Waals surface area contributed by atoms with Crippen molar-refractivity contribution in [3.63, 3.8) is 0 Å². The molecule has 1 aromatic heterocycles. The van der Waals surface area contributed by atoms with E-state index in [0.717, 1.165) is 23.8 Å². The maximum absolute atomic E-state index is 6.47. The molecule has 0 spiro atoms. The molecule has 1 saturated carbocycles. The molecule has 21 heavy (non-hydrogen) atoms. The minimum absolute atomic E-state index is 0.165. The molecule has 0 radical (unpaired) electrons. The van der Waals surface area contributed by atoms with E-state index in [1.807, 2.05) is 7.05 Å². The van der Waals surface area contributed by atoms with Crippen LogP contribution in [0.3, 0.4) is 0 Å². The highest BCUT2D eigenvalue weighted by atomic mass is 35.5. The second-order valence-electron chi connectivity index (χ2n) is 7.82. The number of hydrogen-bond donors (Lipinski definition) is 1. The van der Waals surface area contributed by atoms with Gasteiger partial charge in [0, 0.05) is 24.7 Å². The van der Waals surface area contributed by atoms with E-state index in [4.69, 9.17) is 11.6 Å². The fourth-order valence-corrected chi connectivity index (χ4v) is 3.66. The van der Waals surface area contributed by atoms with Crippen molar-refractivity contribution in [2.75, 3.05) is 6.54 Å². The Labute approximate surface area is 134 Å². The number of rotatable bonds is 4. The Kier molecular flexibility index (Phi) is 5.04. The fraction of sp³-hybridized carbons (Fsp3) is 0.824. The Bertz CT molecular complexity index is 479. The largest absolute Gasteiger partial charge is 0.312 e. The van der Waals surface area contributed by atoms with E-state index in [1.54, 1.807) is 4.68 Å². The van der Waals surface area contributed by atoms with Gasteiger partial charge in [0.15, 0.2) is 0 Å². The summed E-state index contributed by atoms with van der Waals surface area (Å²) >= 11 is 6.47. The van der Waals surface area contributed by atoms with Crippen LogP contribution in [0.4, 0.5) is 0 Å². The molecule has 120 valence electrons. The average Bonchev–Trinajstić information content (AvgIpc) is 2.64. The summed E-state index contributed by atoms with van der Waals surface area (Å²) in [7, 11) is 1.93. The van der Waals surface area contributed by atoms with Gasteiger partial charge in [0.05, 0.1) is 5.69 Å². The van der Waals surface area contributed by atoms with E-state index in [9.17, 15) is 0 Å². The fourth-order valence-electron chi connectivity index (χ4n) is 3.42. The third-order valence-corrected chi connectivity index (χ3v) is 5.20. The molecule has 0 amide bonds. The van der Waals surface area contributed by atoms with Crippen molar-refractivity contribution in [1.29, 1.82) is 0 Å². The quantitative estimate of drug-likeness (QED) is 0.900. The summed E-state index contributed by atoms with van der Waals surface area (Å²) < 4.78 is 1.81. The van der Waals surface area contributed by atoms with Crippen LogP contribution in [-0.2, 0) is 13.5 Å². The van der Waals surface area contributed by atoms with Gasteiger partial charge in [-0.1, -0.05) is 30.9 Å². The van der Waals surface area contributed by atoms with Crippen molar-refractivity contribution < 1.29 is 0 Å². The van der Waals surface area contributed by atoms with Crippen LogP contribution in [0, 0.1) is 12.3 Å². The zero-order chi connectivity index (χ0) is 15.7. The maximum Gasteiger partial charge on any atom is 0.130 e. The number of nitrogens with zero attached hydrogens (tertiary/aromatic N) is 2. The first-order chi connectivity index (χ1) is 9.72. The lowest BCUT2D eigenvalue weighted by Crippen LogP contribution is -2.45. The number of halogens is 1. The molecule has 1 aliphatic rings. The predicted molar refractivity (Wildman–Crippen MR) is 89.9 cm³/mol. The van der Waals surface area contributed by atoms with Gasteiger partial charge in [0.2, 0.25) is 0 Å². The lowest BCUT2D eigenvalue weighted by molar-refractivity contribution is 0.165. The topological polar surface area (TPSA) is 29.9 Å². The van der Waals surface area contributed by atoms with Crippen LogP contribution in [0.25, 0.3) is 0 Å². The highest BCUT2D eigenvalue weighted by Gasteiger charge is 2.35. The van der Waals surface area contributed by atoms with Crippen molar-refractivity contribution in [2.45, 2.75) is 71.8 Å². The molecule has 1 aliphatic carbocycles. The molecule has 2 rings (SSSR count). The zero-order valence-corrected chi connectivity index (χ0v) is 15.0. The van der Waals surface area contributed by atoms with Gasteiger partial charge in [-0.3, -0.25) is 4.68 Å². The molecule has 1 heterocycles. The molecule has 0 aliphatic heterocycles. The standard InChI is InChI=1S/C17H30ClN3/c1-13-14(15(18)21(5)20-13)11-17(9-7-6-8-10-17)12-19-16(2,3)4/h19H,6-12H2,1-5H3. The van der Waals surface area contributed by atoms with Crippen LogP contribution in [0.1, 0.15) is 64.1 Å². The highest BCUT2D eigenvalue weighted by molar-refractivity contribution is 6.30. The van der Waals surface area contributed by atoms with Crippen LogP contribution in [0.2, 0.25) is 5.15 Å². The highest BCUT2D eigenvalue weighted by Crippen LogP contribution is 2.41. The van der Waals surface area contributed by atoms with Gasteiger partial charge >= 0.3 is 0 Å². The number of hydrogen-bond acceptors (Lipinski definition) is 2. The molecule has 0 unspecified atom stereocenters. The molecule has 4 heteroatoms. The summed E-state index contributed by atoms with van der Waals surface area (Å²) in [5.41, 5.74) is 2.83. The van der Waals surface area contributed by atoms with Gasteiger partial charge in [0.1, 0.15) is 5.15 Å². The van der Waals surface area contributed by atoms with E-state index in [2.05, 4.69) is 38.1 Å². The predicted octanol–water partition coefficient (Wildman–Crippen LogP) is 4.26. The van der Waals surface area contributed by atoms with Crippen molar-refractivity contribution in [1.82, 2.24) is 15.1 Å². The van der Waals surface area contributed by atoms with Crippen LogP contribution in [0.15, 0.2) is 0 Å². The zero-order valence-electron chi connectivity index (χ0n) is 14.2.